The third-order valence-electron chi connectivity index (χ3n) is 4.24. The molecular weight excluding hydrogens is 210 g/mol. The van der Waals surface area contributed by atoms with Crippen LogP contribution in [0.15, 0.2) is 12.7 Å². The van der Waals surface area contributed by atoms with Gasteiger partial charge >= 0.3 is 0 Å². The maximum atomic E-state index is 5.95. The third kappa shape index (κ3) is 4.11. The van der Waals surface area contributed by atoms with Crippen LogP contribution in [0.2, 0.25) is 0 Å². The average Bonchev–Trinajstić information content (AvgIpc) is 2.61. The highest BCUT2D eigenvalue weighted by atomic mass is 16.5. The Balaban J connectivity index is 2.61. The van der Waals surface area contributed by atoms with Gasteiger partial charge < -0.3 is 10.1 Å². The van der Waals surface area contributed by atoms with Gasteiger partial charge in [0.25, 0.3) is 0 Å². The predicted octanol–water partition coefficient (Wildman–Crippen LogP) is 3.67. The second kappa shape index (κ2) is 7.88. The van der Waals surface area contributed by atoms with Gasteiger partial charge in [-0.05, 0) is 39.2 Å². The fourth-order valence-electron chi connectivity index (χ4n) is 3.16. The number of likely N-dealkylation sites (N-methyl/N-ethyl adjacent to an activating group) is 1. The lowest BCUT2D eigenvalue weighted by molar-refractivity contribution is -0.0533. The van der Waals surface area contributed by atoms with E-state index in [4.69, 9.17) is 4.74 Å². The van der Waals surface area contributed by atoms with Gasteiger partial charge in [-0.15, -0.1) is 6.58 Å². The zero-order valence-corrected chi connectivity index (χ0v) is 11.6. The second-order valence-electron chi connectivity index (χ2n) is 5.24. The van der Waals surface area contributed by atoms with Crippen molar-refractivity contribution in [1.82, 2.24) is 5.32 Å². The van der Waals surface area contributed by atoms with E-state index < -0.39 is 0 Å². The highest BCUT2D eigenvalue weighted by molar-refractivity contribution is 4.94. The van der Waals surface area contributed by atoms with Crippen LogP contribution in [0.1, 0.15) is 57.8 Å². The molecule has 2 nitrogen and oxygen atoms in total. The summed E-state index contributed by atoms with van der Waals surface area (Å²) >= 11 is 0. The molecule has 0 aromatic rings. The fourth-order valence-corrected chi connectivity index (χ4v) is 3.16. The van der Waals surface area contributed by atoms with Crippen molar-refractivity contribution >= 4 is 0 Å². The van der Waals surface area contributed by atoms with Crippen LogP contribution in [0.3, 0.4) is 0 Å². The number of methoxy groups -OCH3 is 1. The molecule has 0 heterocycles. The summed E-state index contributed by atoms with van der Waals surface area (Å²) in [6, 6.07) is 0.491. The number of unbranched alkanes of at least 4 members (excludes halogenated alkanes) is 1. The number of ether oxygens (including phenoxy) is 1. The van der Waals surface area contributed by atoms with Crippen molar-refractivity contribution in [3.8, 4) is 0 Å². The zero-order valence-electron chi connectivity index (χ0n) is 11.6. The second-order valence-corrected chi connectivity index (χ2v) is 5.24. The lowest BCUT2D eigenvalue weighted by atomic mass is 9.83. The zero-order chi connectivity index (χ0) is 12.6. The number of rotatable bonds is 7. The van der Waals surface area contributed by atoms with Gasteiger partial charge in [0.05, 0.1) is 5.60 Å². The Morgan fingerprint density at radius 1 is 1.29 bits per heavy atom. The molecule has 17 heavy (non-hydrogen) atoms. The molecule has 1 rings (SSSR count). The molecule has 100 valence electrons. The lowest BCUT2D eigenvalue weighted by Crippen LogP contribution is -2.50. The van der Waals surface area contributed by atoms with Crippen molar-refractivity contribution in [2.24, 2.45) is 0 Å². The predicted molar refractivity (Wildman–Crippen MR) is 74.3 cm³/mol. The van der Waals surface area contributed by atoms with Crippen LogP contribution in [0.5, 0.6) is 0 Å². The summed E-state index contributed by atoms with van der Waals surface area (Å²) < 4.78 is 5.95. The van der Waals surface area contributed by atoms with Gasteiger partial charge in [-0.2, -0.15) is 0 Å². The fraction of sp³-hybridized carbons (Fsp3) is 0.867. The number of hydrogen-bond donors (Lipinski definition) is 1. The summed E-state index contributed by atoms with van der Waals surface area (Å²) in [6.45, 7) is 3.80. The number of nitrogens with one attached hydrogen (secondary N) is 1. The van der Waals surface area contributed by atoms with Gasteiger partial charge in [0, 0.05) is 13.2 Å². The largest absolute Gasteiger partial charge is 0.377 e. The van der Waals surface area contributed by atoms with Crippen LogP contribution in [0.25, 0.3) is 0 Å². The molecule has 0 aliphatic heterocycles. The third-order valence-corrected chi connectivity index (χ3v) is 4.24. The molecule has 1 aliphatic rings. The van der Waals surface area contributed by atoms with Crippen LogP contribution >= 0.6 is 0 Å². The summed E-state index contributed by atoms with van der Waals surface area (Å²) in [7, 11) is 3.97. The Labute approximate surface area is 107 Å². The quantitative estimate of drug-likeness (QED) is 0.416. The van der Waals surface area contributed by atoms with E-state index >= 15 is 0 Å². The number of allylic oxidation sites excluding steroid dienone is 1. The van der Waals surface area contributed by atoms with Crippen molar-refractivity contribution in [3.05, 3.63) is 12.7 Å². The van der Waals surface area contributed by atoms with Gasteiger partial charge in [0.2, 0.25) is 0 Å². The standard InChI is InChI=1S/C15H29NO/c1-4-5-8-11-14(16-2)15(17-3)12-9-6-7-10-13-15/h4,14,16H,1,5-13H2,2-3H3. The Kier molecular flexibility index (Phi) is 6.83. The Morgan fingerprint density at radius 2 is 1.94 bits per heavy atom. The molecule has 0 bridgehead atoms. The smallest absolute Gasteiger partial charge is 0.0830 e. The van der Waals surface area contributed by atoms with Gasteiger partial charge in [-0.3, -0.25) is 0 Å². The summed E-state index contributed by atoms with van der Waals surface area (Å²) in [4.78, 5) is 0. The molecule has 0 saturated heterocycles. The van der Waals surface area contributed by atoms with E-state index in [0.717, 1.165) is 6.42 Å². The molecule has 1 unspecified atom stereocenters. The van der Waals surface area contributed by atoms with Crippen LogP contribution in [-0.4, -0.2) is 25.8 Å². The van der Waals surface area contributed by atoms with Crippen LogP contribution in [-0.2, 0) is 4.74 Å². The highest BCUT2D eigenvalue weighted by Crippen LogP contribution is 2.34. The van der Waals surface area contributed by atoms with E-state index in [2.05, 4.69) is 18.9 Å². The molecule has 1 saturated carbocycles. The van der Waals surface area contributed by atoms with Gasteiger partial charge in [0.1, 0.15) is 0 Å². The van der Waals surface area contributed by atoms with Crippen LogP contribution in [0.4, 0.5) is 0 Å². The summed E-state index contributed by atoms with van der Waals surface area (Å²) in [5.74, 6) is 0. The molecule has 0 radical (unpaired) electrons. The Morgan fingerprint density at radius 3 is 2.41 bits per heavy atom. The average molecular weight is 239 g/mol. The Hall–Kier alpha value is -0.340. The number of hydrogen-bond acceptors (Lipinski definition) is 2. The first-order valence-corrected chi connectivity index (χ1v) is 7.12. The van der Waals surface area contributed by atoms with Crippen LogP contribution in [0, 0.1) is 0 Å². The van der Waals surface area contributed by atoms with E-state index in [1.165, 1.54) is 51.4 Å². The van der Waals surface area contributed by atoms with Gasteiger partial charge in [0.15, 0.2) is 0 Å². The molecule has 1 atom stereocenters. The SMILES string of the molecule is C=CCCCC(NC)C1(OC)CCCCCC1. The first-order chi connectivity index (χ1) is 8.29. The molecule has 1 fully saturated rings. The summed E-state index contributed by atoms with van der Waals surface area (Å²) in [5.41, 5.74) is 0.0758. The van der Waals surface area contributed by atoms with E-state index in [9.17, 15) is 0 Å². The monoisotopic (exact) mass is 239 g/mol. The summed E-state index contributed by atoms with van der Waals surface area (Å²) in [5, 5.41) is 3.49. The summed E-state index contributed by atoms with van der Waals surface area (Å²) in [6.07, 6.45) is 13.3. The van der Waals surface area contributed by atoms with Crippen molar-refractivity contribution in [3.63, 3.8) is 0 Å². The van der Waals surface area contributed by atoms with E-state index in [1.54, 1.807) is 0 Å². The van der Waals surface area contributed by atoms with Gasteiger partial charge in [-0.1, -0.05) is 31.8 Å². The van der Waals surface area contributed by atoms with Crippen molar-refractivity contribution in [2.75, 3.05) is 14.2 Å². The molecule has 0 aromatic carbocycles. The van der Waals surface area contributed by atoms with Crippen LogP contribution < -0.4 is 5.32 Å². The van der Waals surface area contributed by atoms with E-state index in [1.807, 2.05) is 13.2 Å². The highest BCUT2D eigenvalue weighted by Gasteiger charge is 2.37. The molecule has 1 N–H and O–H groups in total. The molecule has 0 spiro atoms. The normalized spacial score (nSPS) is 21.8. The van der Waals surface area contributed by atoms with E-state index in [-0.39, 0.29) is 5.60 Å². The molecule has 2 heteroatoms. The van der Waals surface area contributed by atoms with Gasteiger partial charge in [-0.25, -0.2) is 0 Å². The topological polar surface area (TPSA) is 21.3 Å². The lowest BCUT2D eigenvalue weighted by Gasteiger charge is -2.39. The Bertz CT molecular complexity index is 207. The van der Waals surface area contributed by atoms with Crippen molar-refractivity contribution in [1.29, 1.82) is 0 Å². The minimum Gasteiger partial charge on any atom is -0.377 e. The maximum Gasteiger partial charge on any atom is 0.0830 e. The minimum absolute atomic E-state index is 0.0758. The molecule has 0 aromatic heterocycles. The van der Waals surface area contributed by atoms with Crippen molar-refractivity contribution < 1.29 is 4.74 Å². The molecule has 1 aliphatic carbocycles. The molecule has 0 amide bonds. The molecular formula is C15H29NO. The first-order valence-electron chi connectivity index (χ1n) is 7.12. The minimum atomic E-state index is 0.0758. The van der Waals surface area contributed by atoms with Crippen molar-refractivity contribution in [2.45, 2.75) is 69.4 Å². The first kappa shape index (κ1) is 14.7. The van der Waals surface area contributed by atoms with E-state index in [0.29, 0.717) is 6.04 Å². The maximum absolute atomic E-state index is 5.95.